The van der Waals surface area contributed by atoms with Crippen LogP contribution >= 0.6 is 23.8 Å². The number of carbonyl (C=O) groups is 2. The molecule has 0 radical (unpaired) electrons. The highest BCUT2D eigenvalue weighted by atomic mass is 35.5. The summed E-state index contributed by atoms with van der Waals surface area (Å²) in [6.07, 6.45) is 1.81. The smallest absolute Gasteiger partial charge is 0.326 e. The van der Waals surface area contributed by atoms with E-state index in [1.807, 2.05) is 24.3 Å². The second kappa shape index (κ2) is 7.68. The van der Waals surface area contributed by atoms with Gasteiger partial charge in [-0.1, -0.05) is 48.1 Å². The Balaban J connectivity index is 1.74. The molecule has 0 aromatic heterocycles. The molecule has 2 aromatic rings. The minimum atomic E-state index is -0.258. The van der Waals surface area contributed by atoms with Crippen LogP contribution < -0.4 is 10.6 Å². The lowest BCUT2D eigenvalue weighted by atomic mass is 10.1. The van der Waals surface area contributed by atoms with Crippen molar-refractivity contribution in [3.05, 3.63) is 70.4 Å². The van der Waals surface area contributed by atoms with E-state index in [1.165, 1.54) is 11.8 Å². The fourth-order valence-corrected chi connectivity index (χ4v) is 2.90. The zero-order valence-corrected chi connectivity index (χ0v) is 15.5. The molecule has 0 unspecified atom stereocenters. The van der Waals surface area contributed by atoms with E-state index in [2.05, 4.69) is 10.6 Å². The monoisotopic (exact) mass is 385 g/mol. The van der Waals surface area contributed by atoms with Crippen molar-refractivity contribution in [1.82, 2.24) is 10.2 Å². The summed E-state index contributed by atoms with van der Waals surface area (Å²) in [6.45, 7) is 1.83. The molecule has 3 amide bonds. The van der Waals surface area contributed by atoms with Crippen LogP contribution in [-0.2, 0) is 11.3 Å². The lowest BCUT2D eigenvalue weighted by Crippen LogP contribution is -2.29. The van der Waals surface area contributed by atoms with E-state index in [0.29, 0.717) is 27.9 Å². The van der Waals surface area contributed by atoms with Gasteiger partial charge in [-0.2, -0.15) is 0 Å². The standard InChI is InChI=1S/C19H16ClN3O2S/c1-12(24)21-16-8-4-13(5-9-16)10-17-18(26)23(19(25)22-17)11-14-2-6-15(20)7-3-14/h2-10H,11H2,1H3,(H,21,24)(H,22,25)/b17-10+. The van der Waals surface area contributed by atoms with Crippen LogP contribution in [-0.4, -0.2) is 21.8 Å². The largest absolute Gasteiger partial charge is 0.327 e. The second-order valence-corrected chi connectivity index (χ2v) is 6.63. The van der Waals surface area contributed by atoms with Crippen molar-refractivity contribution in [2.45, 2.75) is 13.5 Å². The van der Waals surface area contributed by atoms with Crippen LogP contribution in [0.3, 0.4) is 0 Å². The van der Waals surface area contributed by atoms with Gasteiger partial charge in [0.15, 0.2) is 0 Å². The maximum atomic E-state index is 12.2. The molecule has 1 saturated heterocycles. The molecule has 132 valence electrons. The maximum Gasteiger partial charge on any atom is 0.327 e. The predicted molar refractivity (Wildman–Crippen MR) is 107 cm³/mol. The number of anilines is 1. The molecule has 2 N–H and O–H groups in total. The second-order valence-electron chi connectivity index (χ2n) is 5.81. The van der Waals surface area contributed by atoms with Crippen molar-refractivity contribution in [2.24, 2.45) is 0 Å². The Morgan fingerprint density at radius 1 is 1.19 bits per heavy atom. The molecular weight excluding hydrogens is 370 g/mol. The van der Waals surface area contributed by atoms with Crippen molar-refractivity contribution in [3.63, 3.8) is 0 Å². The van der Waals surface area contributed by atoms with Gasteiger partial charge in [-0.15, -0.1) is 0 Å². The molecule has 0 spiro atoms. The first kappa shape index (κ1) is 18.1. The third-order valence-corrected chi connectivity index (χ3v) is 4.45. The molecule has 3 rings (SSSR count). The molecule has 1 fully saturated rings. The van der Waals surface area contributed by atoms with E-state index >= 15 is 0 Å². The lowest BCUT2D eigenvalue weighted by molar-refractivity contribution is -0.114. The van der Waals surface area contributed by atoms with Crippen LogP contribution in [0.1, 0.15) is 18.1 Å². The van der Waals surface area contributed by atoms with E-state index in [9.17, 15) is 9.59 Å². The van der Waals surface area contributed by atoms with Crippen LogP contribution in [0.2, 0.25) is 5.02 Å². The van der Waals surface area contributed by atoms with E-state index < -0.39 is 0 Å². The first-order chi connectivity index (χ1) is 12.4. The van der Waals surface area contributed by atoms with Crippen LogP contribution in [0.15, 0.2) is 54.2 Å². The molecule has 7 heteroatoms. The molecular formula is C19H16ClN3O2S. The van der Waals surface area contributed by atoms with Gasteiger partial charge in [-0.25, -0.2) is 4.79 Å². The molecule has 0 saturated carbocycles. The zero-order chi connectivity index (χ0) is 18.7. The molecule has 1 heterocycles. The number of hydrogen-bond donors (Lipinski definition) is 2. The van der Waals surface area contributed by atoms with Gasteiger partial charge in [0.25, 0.3) is 0 Å². The van der Waals surface area contributed by atoms with E-state index in [1.54, 1.807) is 30.3 Å². The highest BCUT2D eigenvalue weighted by Gasteiger charge is 2.29. The summed E-state index contributed by atoms with van der Waals surface area (Å²) in [5.74, 6) is -0.127. The average molecular weight is 386 g/mol. The predicted octanol–water partition coefficient (Wildman–Crippen LogP) is 4.19. The Labute approximate surface area is 161 Å². The fourth-order valence-electron chi connectivity index (χ4n) is 2.52. The Morgan fingerprint density at radius 2 is 1.85 bits per heavy atom. The van der Waals surface area contributed by atoms with Crippen molar-refractivity contribution in [1.29, 1.82) is 0 Å². The highest BCUT2D eigenvalue weighted by molar-refractivity contribution is 7.80. The van der Waals surface area contributed by atoms with Crippen molar-refractivity contribution >= 4 is 52.5 Å². The number of carbonyl (C=O) groups excluding carboxylic acids is 2. The SMILES string of the molecule is CC(=O)Nc1ccc(/C=C2/NC(=O)N(Cc3ccc(Cl)cc3)C2=S)cc1. The summed E-state index contributed by atoms with van der Waals surface area (Å²) >= 11 is 11.3. The van der Waals surface area contributed by atoms with Gasteiger partial charge in [0.1, 0.15) is 4.99 Å². The van der Waals surface area contributed by atoms with Crippen LogP contribution in [0, 0.1) is 0 Å². The Bertz CT molecular complexity index is 892. The van der Waals surface area contributed by atoms with Gasteiger partial charge in [0.05, 0.1) is 12.2 Å². The average Bonchev–Trinajstić information content (AvgIpc) is 2.85. The van der Waals surface area contributed by atoms with Gasteiger partial charge in [0, 0.05) is 17.6 Å². The Kier molecular flexibility index (Phi) is 5.35. The summed E-state index contributed by atoms with van der Waals surface area (Å²) in [7, 11) is 0. The number of benzene rings is 2. The molecule has 1 aliphatic rings. The summed E-state index contributed by atoms with van der Waals surface area (Å²) in [5, 5.41) is 6.14. The number of halogens is 1. The number of amides is 3. The van der Waals surface area contributed by atoms with E-state index in [0.717, 1.165) is 11.1 Å². The van der Waals surface area contributed by atoms with Crippen LogP contribution in [0.5, 0.6) is 0 Å². The fraction of sp³-hybridized carbons (Fsp3) is 0.105. The third-order valence-electron chi connectivity index (χ3n) is 3.76. The minimum Gasteiger partial charge on any atom is -0.326 e. The van der Waals surface area contributed by atoms with E-state index in [-0.39, 0.29) is 11.9 Å². The molecule has 0 atom stereocenters. The Hall–Kier alpha value is -2.70. The zero-order valence-electron chi connectivity index (χ0n) is 14.0. The number of nitrogens with one attached hydrogen (secondary N) is 2. The van der Waals surface area contributed by atoms with Gasteiger partial charge < -0.3 is 10.6 Å². The summed E-state index contributed by atoms with van der Waals surface area (Å²) in [6, 6.07) is 14.3. The number of thiocarbonyl (C=S) groups is 1. The van der Waals surface area contributed by atoms with Crippen molar-refractivity contribution in [3.8, 4) is 0 Å². The molecule has 5 nitrogen and oxygen atoms in total. The first-order valence-corrected chi connectivity index (χ1v) is 8.67. The van der Waals surface area contributed by atoms with Gasteiger partial charge in [0.2, 0.25) is 5.91 Å². The number of nitrogens with zero attached hydrogens (tertiary/aromatic N) is 1. The summed E-state index contributed by atoms with van der Waals surface area (Å²) in [5.41, 5.74) is 3.09. The van der Waals surface area contributed by atoms with Gasteiger partial charge >= 0.3 is 6.03 Å². The molecule has 1 aliphatic heterocycles. The van der Waals surface area contributed by atoms with Crippen molar-refractivity contribution < 1.29 is 9.59 Å². The third kappa shape index (κ3) is 4.28. The van der Waals surface area contributed by atoms with E-state index in [4.69, 9.17) is 23.8 Å². The Morgan fingerprint density at radius 3 is 2.46 bits per heavy atom. The number of urea groups is 1. The first-order valence-electron chi connectivity index (χ1n) is 7.89. The molecule has 26 heavy (non-hydrogen) atoms. The van der Waals surface area contributed by atoms with Gasteiger partial charge in [-0.3, -0.25) is 9.69 Å². The maximum absolute atomic E-state index is 12.2. The molecule has 0 bridgehead atoms. The summed E-state index contributed by atoms with van der Waals surface area (Å²) in [4.78, 5) is 25.3. The molecule has 0 aliphatic carbocycles. The molecule has 2 aromatic carbocycles. The van der Waals surface area contributed by atoms with Gasteiger partial charge in [-0.05, 0) is 41.5 Å². The van der Waals surface area contributed by atoms with Crippen LogP contribution in [0.25, 0.3) is 6.08 Å². The minimum absolute atomic E-state index is 0.127. The normalized spacial score (nSPS) is 15.3. The topological polar surface area (TPSA) is 61.4 Å². The lowest BCUT2D eigenvalue weighted by Gasteiger charge is -2.14. The highest BCUT2D eigenvalue weighted by Crippen LogP contribution is 2.20. The number of hydrogen-bond acceptors (Lipinski definition) is 3. The van der Waals surface area contributed by atoms with Crippen molar-refractivity contribution in [2.75, 3.05) is 5.32 Å². The quantitative estimate of drug-likeness (QED) is 0.612. The van der Waals surface area contributed by atoms with Crippen LogP contribution in [0.4, 0.5) is 10.5 Å². The number of rotatable bonds is 4. The summed E-state index contributed by atoms with van der Waals surface area (Å²) < 4.78 is 0.